The van der Waals surface area contributed by atoms with Gasteiger partial charge in [0, 0.05) is 44.0 Å². The van der Waals surface area contributed by atoms with Crippen LogP contribution in [-0.2, 0) is 11.2 Å². The van der Waals surface area contributed by atoms with Gasteiger partial charge in [-0.05, 0) is 27.7 Å². The predicted molar refractivity (Wildman–Crippen MR) is 107 cm³/mol. The number of aliphatic hydroxyl groups is 1. The normalized spacial score (nSPS) is 18.6. The van der Waals surface area contributed by atoms with E-state index in [0.29, 0.717) is 13.1 Å². The Morgan fingerprint density at radius 1 is 1.35 bits per heavy atom. The lowest BCUT2D eigenvalue weighted by molar-refractivity contribution is -0.0179. The number of thiazole rings is 1. The van der Waals surface area contributed by atoms with Gasteiger partial charge in [0.25, 0.3) is 0 Å². The molecular weight excluding hydrogens is 350 g/mol. The minimum atomic E-state index is -0.856. The van der Waals surface area contributed by atoms with Gasteiger partial charge in [-0.2, -0.15) is 0 Å². The Hall–Kier alpha value is -1.22. The maximum absolute atomic E-state index is 10.7. The van der Waals surface area contributed by atoms with E-state index in [1.54, 1.807) is 11.3 Å². The quantitative estimate of drug-likeness (QED) is 0.458. The molecule has 1 aromatic heterocycles. The van der Waals surface area contributed by atoms with Gasteiger partial charge in [-0.3, -0.25) is 9.89 Å². The van der Waals surface area contributed by atoms with Crippen LogP contribution in [0.2, 0.25) is 0 Å². The lowest BCUT2D eigenvalue weighted by Gasteiger charge is -2.33. The molecule has 3 N–H and O–H groups in total. The van der Waals surface area contributed by atoms with Gasteiger partial charge >= 0.3 is 0 Å². The summed E-state index contributed by atoms with van der Waals surface area (Å²) in [6.45, 7) is 13.7. The fourth-order valence-corrected chi connectivity index (χ4v) is 3.92. The van der Waals surface area contributed by atoms with E-state index in [0.717, 1.165) is 62.5 Å². The van der Waals surface area contributed by atoms with E-state index in [-0.39, 0.29) is 0 Å². The second-order valence-corrected chi connectivity index (χ2v) is 8.29. The van der Waals surface area contributed by atoms with Gasteiger partial charge in [0.1, 0.15) is 0 Å². The van der Waals surface area contributed by atoms with E-state index in [9.17, 15) is 5.11 Å². The number of hydrogen-bond donors (Lipinski definition) is 3. The first-order valence-electron chi connectivity index (χ1n) is 9.37. The molecule has 26 heavy (non-hydrogen) atoms. The molecule has 2 heterocycles. The smallest absolute Gasteiger partial charge is 0.191 e. The topological polar surface area (TPSA) is 82.0 Å². The summed E-state index contributed by atoms with van der Waals surface area (Å²) >= 11 is 1.75. The lowest BCUT2D eigenvalue weighted by Crippen LogP contribution is -2.48. The fourth-order valence-electron chi connectivity index (χ4n) is 2.98. The van der Waals surface area contributed by atoms with E-state index >= 15 is 0 Å². The van der Waals surface area contributed by atoms with Crippen molar-refractivity contribution < 1.29 is 9.84 Å². The number of guanidine groups is 1. The second-order valence-electron chi connectivity index (χ2n) is 7.00. The summed E-state index contributed by atoms with van der Waals surface area (Å²) in [4.78, 5) is 12.6. The average molecular weight is 384 g/mol. The number of aromatic nitrogens is 1. The number of hydrogen-bond acceptors (Lipinski definition) is 6. The van der Waals surface area contributed by atoms with Crippen molar-refractivity contribution in [1.82, 2.24) is 20.5 Å². The van der Waals surface area contributed by atoms with Crippen LogP contribution in [0.1, 0.15) is 29.4 Å². The van der Waals surface area contributed by atoms with Gasteiger partial charge in [-0.15, -0.1) is 11.3 Å². The summed E-state index contributed by atoms with van der Waals surface area (Å²) < 4.78 is 5.36. The zero-order valence-corrected chi connectivity index (χ0v) is 17.3. The summed E-state index contributed by atoms with van der Waals surface area (Å²) in [5.41, 5.74) is 0.259. The number of aryl methyl sites for hydroxylation is 2. The van der Waals surface area contributed by atoms with E-state index in [1.165, 1.54) is 4.88 Å². The molecule has 0 radical (unpaired) electrons. The molecule has 0 bridgehead atoms. The molecule has 1 unspecified atom stereocenters. The number of nitrogens with one attached hydrogen (secondary N) is 2. The highest BCUT2D eigenvalue weighted by atomic mass is 32.1. The standard InChI is InChI=1S/C18H33N5O2S/c1-5-19-17(20-7-6-16-14(2)22-15(3)26-16)21-12-18(4,24)13-23-8-10-25-11-9-23/h24H,5-13H2,1-4H3,(H2,19,20,21). The third kappa shape index (κ3) is 7.19. The van der Waals surface area contributed by atoms with E-state index in [1.807, 2.05) is 20.8 Å². The van der Waals surface area contributed by atoms with Crippen molar-refractivity contribution in [3.8, 4) is 0 Å². The molecule has 7 nitrogen and oxygen atoms in total. The molecule has 0 saturated carbocycles. The zero-order valence-electron chi connectivity index (χ0n) is 16.5. The van der Waals surface area contributed by atoms with Crippen molar-refractivity contribution >= 4 is 17.3 Å². The first kappa shape index (κ1) is 21.1. The van der Waals surface area contributed by atoms with E-state index in [4.69, 9.17) is 4.74 Å². The van der Waals surface area contributed by atoms with Gasteiger partial charge in [0.05, 0.1) is 36.1 Å². The van der Waals surface area contributed by atoms with Crippen LogP contribution in [0.5, 0.6) is 0 Å². The number of morpholine rings is 1. The van der Waals surface area contributed by atoms with Crippen LogP contribution >= 0.6 is 11.3 Å². The number of β-amino-alcohol motifs (C(OH)–C–C–N with tert-alkyl or cyclic N) is 1. The Balaban J connectivity index is 1.83. The summed E-state index contributed by atoms with van der Waals surface area (Å²) in [6.07, 6.45) is 0.923. The summed E-state index contributed by atoms with van der Waals surface area (Å²) in [6, 6.07) is 0. The Labute approximate surface area is 160 Å². The molecular formula is C18H33N5O2S. The Kier molecular flexibility index (Phi) is 8.27. The number of aliphatic imine (C=N–C) groups is 1. The van der Waals surface area contributed by atoms with E-state index < -0.39 is 5.60 Å². The molecule has 1 aromatic rings. The molecule has 8 heteroatoms. The summed E-state index contributed by atoms with van der Waals surface area (Å²) in [5, 5.41) is 18.4. The summed E-state index contributed by atoms with van der Waals surface area (Å²) in [5.74, 6) is 0.744. The molecule has 2 rings (SSSR count). The highest BCUT2D eigenvalue weighted by molar-refractivity contribution is 7.11. The molecule has 1 saturated heterocycles. The molecule has 0 amide bonds. The molecule has 0 aliphatic carbocycles. The molecule has 0 aromatic carbocycles. The maximum Gasteiger partial charge on any atom is 0.191 e. The van der Waals surface area contributed by atoms with Crippen molar-refractivity contribution in [3.63, 3.8) is 0 Å². The minimum Gasteiger partial charge on any atom is -0.387 e. The van der Waals surface area contributed by atoms with Gasteiger partial charge in [-0.1, -0.05) is 0 Å². The number of ether oxygens (including phenoxy) is 1. The van der Waals surface area contributed by atoms with Gasteiger partial charge in [0.2, 0.25) is 0 Å². The summed E-state index contributed by atoms with van der Waals surface area (Å²) in [7, 11) is 0. The van der Waals surface area contributed by atoms with Crippen molar-refractivity contribution in [2.24, 2.45) is 4.99 Å². The minimum absolute atomic E-state index is 0.360. The van der Waals surface area contributed by atoms with Crippen molar-refractivity contribution in [1.29, 1.82) is 0 Å². The van der Waals surface area contributed by atoms with Crippen LogP contribution in [0.3, 0.4) is 0 Å². The highest BCUT2D eigenvalue weighted by Crippen LogP contribution is 2.17. The molecule has 148 valence electrons. The first-order valence-corrected chi connectivity index (χ1v) is 10.2. The SMILES string of the molecule is CCNC(=NCC(C)(O)CN1CCOCC1)NCCc1sc(C)nc1C. The van der Waals surface area contributed by atoms with Gasteiger partial charge in [0.15, 0.2) is 5.96 Å². The van der Waals surface area contributed by atoms with Crippen LogP contribution in [0.25, 0.3) is 0 Å². The van der Waals surface area contributed by atoms with E-state index in [2.05, 4.69) is 32.4 Å². The second kappa shape index (κ2) is 10.2. The largest absolute Gasteiger partial charge is 0.387 e. The van der Waals surface area contributed by atoms with Crippen LogP contribution in [-0.4, -0.2) is 79.0 Å². The monoisotopic (exact) mass is 383 g/mol. The third-order valence-electron chi connectivity index (χ3n) is 4.23. The lowest BCUT2D eigenvalue weighted by atomic mass is 10.1. The molecule has 1 fully saturated rings. The fraction of sp³-hybridized carbons (Fsp3) is 0.778. The maximum atomic E-state index is 10.7. The van der Waals surface area contributed by atoms with Gasteiger partial charge < -0.3 is 20.5 Å². The Morgan fingerprint density at radius 2 is 2.08 bits per heavy atom. The molecule has 1 aliphatic heterocycles. The Bertz CT molecular complexity index is 582. The molecule has 1 atom stereocenters. The third-order valence-corrected chi connectivity index (χ3v) is 5.37. The van der Waals surface area contributed by atoms with Crippen LogP contribution in [0, 0.1) is 13.8 Å². The zero-order chi connectivity index (χ0) is 19.0. The van der Waals surface area contributed by atoms with Crippen molar-refractivity contribution in [2.75, 3.05) is 52.5 Å². The molecule has 1 aliphatic rings. The highest BCUT2D eigenvalue weighted by Gasteiger charge is 2.25. The molecule has 0 spiro atoms. The van der Waals surface area contributed by atoms with Crippen molar-refractivity contribution in [3.05, 3.63) is 15.6 Å². The van der Waals surface area contributed by atoms with Crippen LogP contribution in [0.4, 0.5) is 0 Å². The number of nitrogens with zero attached hydrogens (tertiary/aromatic N) is 3. The predicted octanol–water partition coefficient (Wildman–Crippen LogP) is 0.941. The average Bonchev–Trinajstić information content (AvgIpc) is 2.91. The van der Waals surface area contributed by atoms with Crippen molar-refractivity contribution in [2.45, 2.75) is 39.7 Å². The van der Waals surface area contributed by atoms with Gasteiger partial charge in [-0.25, -0.2) is 4.98 Å². The number of rotatable bonds is 8. The van der Waals surface area contributed by atoms with Crippen LogP contribution < -0.4 is 10.6 Å². The van der Waals surface area contributed by atoms with Crippen LogP contribution in [0.15, 0.2) is 4.99 Å². The first-order chi connectivity index (χ1) is 12.4. The Morgan fingerprint density at radius 3 is 2.69 bits per heavy atom.